The summed E-state index contributed by atoms with van der Waals surface area (Å²) < 4.78 is 1.83. The molecule has 18 heavy (non-hydrogen) atoms. The molecule has 0 aliphatic heterocycles. The maximum atomic E-state index is 6.10. The van der Waals surface area contributed by atoms with Gasteiger partial charge in [-0.05, 0) is 25.2 Å². The van der Waals surface area contributed by atoms with E-state index in [1.54, 1.807) is 0 Å². The van der Waals surface area contributed by atoms with E-state index >= 15 is 0 Å². The van der Waals surface area contributed by atoms with Gasteiger partial charge >= 0.3 is 0 Å². The Morgan fingerprint density at radius 3 is 2.44 bits per heavy atom. The standard InChI is InChI=1S/C15H29N3/c1-5-6-7-8-9-10-14-13(11-12(2)3)15(16)18(4)17-14/h12H,5-11,16H2,1-4H3. The fourth-order valence-corrected chi connectivity index (χ4v) is 2.37. The highest BCUT2D eigenvalue weighted by Crippen LogP contribution is 2.22. The van der Waals surface area contributed by atoms with Gasteiger partial charge in [-0.2, -0.15) is 5.10 Å². The lowest BCUT2D eigenvalue weighted by molar-refractivity contribution is 0.613. The van der Waals surface area contributed by atoms with E-state index in [0.29, 0.717) is 5.92 Å². The number of rotatable bonds is 8. The Balaban J connectivity index is 2.55. The summed E-state index contributed by atoms with van der Waals surface area (Å²) in [5.41, 5.74) is 8.61. The molecule has 1 aromatic heterocycles. The fourth-order valence-electron chi connectivity index (χ4n) is 2.37. The van der Waals surface area contributed by atoms with Gasteiger partial charge in [0.2, 0.25) is 0 Å². The number of hydrogen-bond acceptors (Lipinski definition) is 2. The van der Waals surface area contributed by atoms with Gasteiger partial charge in [0, 0.05) is 12.6 Å². The Morgan fingerprint density at radius 1 is 1.17 bits per heavy atom. The van der Waals surface area contributed by atoms with E-state index in [4.69, 9.17) is 5.73 Å². The van der Waals surface area contributed by atoms with Crippen molar-refractivity contribution in [3.05, 3.63) is 11.3 Å². The normalized spacial score (nSPS) is 11.4. The number of anilines is 1. The van der Waals surface area contributed by atoms with Gasteiger partial charge in [-0.25, -0.2) is 0 Å². The molecule has 0 aliphatic rings. The highest BCUT2D eigenvalue weighted by molar-refractivity contribution is 5.43. The predicted octanol–water partition coefficient (Wildman–Crippen LogP) is 3.71. The molecule has 1 aromatic rings. The van der Waals surface area contributed by atoms with Gasteiger partial charge < -0.3 is 5.73 Å². The second-order valence-electron chi connectivity index (χ2n) is 5.70. The van der Waals surface area contributed by atoms with Crippen LogP contribution in [0.2, 0.25) is 0 Å². The number of aryl methyl sites for hydroxylation is 2. The van der Waals surface area contributed by atoms with Crippen LogP contribution in [0.4, 0.5) is 5.82 Å². The number of nitrogens with two attached hydrogens (primary N) is 1. The summed E-state index contributed by atoms with van der Waals surface area (Å²) in [4.78, 5) is 0. The summed E-state index contributed by atoms with van der Waals surface area (Å²) in [5, 5.41) is 4.57. The van der Waals surface area contributed by atoms with Crippen LogP contribution in [0, 0.1) is 5.92 Å². The van der Waals surface area contributed by atoms with Crippen molar-refractivity contribution in [2.45, 2.75) is 65.7 Å². The molecule has 0 spiro atoms. The minimum atomic E-state index is 0.635. The van der Waals surface area contributed by atoms with Crippen LogP contribution >= 0.6 is 0 Å². The average Bonchev–Trinajstić information content (AvgIpc) is 2.56. The third-order valence-corrected chi connectivity index (χ3v) is 3.41. The number of unbranched alkanes of at least 4 members (excludes halogenated alkanes) is 4. The summed E-state index contributed by atoms with van der Waals surface area (Å²) in [6.45, 7) is 6.72. The SMILES string of the molecule is CCCCCCCc1nn(C)c(N)c1CC(C)C. The van der Waals surface area contributed by atoms with E-state index < -0.39 is 0 Å². The zero-order chi connectivity index (χ0) is 13.5. The van der Waals surface area contributed by atoms with Crippen LogP contribution in [-0.4, -0.2) is 9.78 Å². The van der Waals surface area contributed by atoms with E-state index in [9.17, 15) is 0 Å². The molecule has 104 valence electrons. The highest BCUT2D eigenvalue weighted by atomic mass is 15.3. The van der Waals surface area contributed by atoms with Crippen molar-refractivity contribution in [2.24, 2.45) is 13.0 Å². The molecule has 0 aliphatic carbocycles. The van der Waals surface area contributed by atoms with Gasteiger partial charge in [0.25, 0.3) is 0 Å². The zero-order valence-electron chi connectivity index (χ0n) is 12.5. The molecule has 0 radical (unpaired) electrons. The number of aromatic nitrogens is 2. The quantitative estimate of drug-likeness (QED) is 0.716. The molecule has 0 amide bonds. The first kappa shape index (κ1) is 15.1. The maximum absolute atomic E-state index is 6.10. The van der Waals surface area contributed by atoms with Gasteiger partial charge in [-0.15, -0.1) is 0 Å². The van der Waals surface area contributed by atoms with Crippen LogP contribution in [0.1, 0.15) is 64.1 Å². The van der Waals surface area contributed by atoms with Crippen LogP contribution in [0.3, 0.4) is 0 Å². The van der Waals surface area contributed by atoms with E-state index in [0.717, 1.165) is 18.7 Å². The molecule has 0 unspecified atom stereocenters. The molecule has 0 fully saturated rings. The van der Waals surface area contributed by atoms with Gasteiger partial charge in [-0.3, -0.25) is 4.68 Å². The van der Waals surface area contributed by atoms with Gasteiger partial charge in [0.1, 0.15) is 5.82 Å². The van der Waals surface area contributed by atoms with Crippen molar-refractivity contribution in [3.63, 3.8) is 0 Å². The Kier molecular flexibility index (Phi) is 6.23. The Labute approximate surface area is 112 Å². The van der Waals surface area contributed by atoms with Gasteiger partial charge in [0.05, 0.1) is 5.69 Å². The van der Waals surface area contributed by atoms with Crippen molar-refractivity contribution in [1.29, 1.82) is 0 Å². The van der Waals surface area contributed by atoms with Crippen LogP contribution in [0.25, 0.3) is 0 Å². The van der Waals surface area contributed by atoms with Gasteiger partial charge in [0.15, 0.2) is 0 Å². The lowest BCUT2D eigenvalue weighted by atomic mass is 10.00. The third-order valence-electron chi connectivity index (χ3n) is 3.41. The third kappa shape index (κ3) is 4.35. The molecule has 0 bridgehead atoms. The van der Waals surface area contributed by atoms with E-state index in [-0.39, 0.29) is 0 Å². The lowest BCUT2D eigenvalue weighted by Crippen LogP contribution is -2.02. The molecule has 0 saturated carbocycles. The Morgan fingerprint density at radius 2 is 1.83 bits per heavy atom. The van der Waals surface area contributed by atoms with Crippen LogP contribution in [0.5, 0.6) is 0 Å². The van der Waals surface area contributed by atoms with Crippen LogP contribution in [0.15, 0.2) is 0 Å². The monoisotopic (exact) mass is 251 g/mol. The molecule has 3 nitrogen and oxygen atoms in total. The molecule has 0 aromatic carbocycles. The molecule has 3 heteroatoms. The molecule has 0 saturated heterocycles. The summed E-state index contributed by atoms with van der Waals surface area (Å²) in [6.07, 6.45) is 8.67. The summed E-state index contributed by atoms with van der Waals surface area (Å²) in [6, 6.07) is 0. The molecular weight excluding hydrogens is 222 g/mol. The lowest BCUT2D eigenvalue weighted by Gasteiger charge is -2.06. The minimum absolute atomic E-state index is 0.635. The molecule has 2 N–H and O–H groups in total. The summed E-state index contributed by atoms with van der Waals surface area (Å²) in [7, 11) is 1.94. The number of hydrogen-bond donors (Lipinski definition) is 1. The topological polar surface area (TPSA) is 43.8 Å². The van der Waals surface area contributed by atoms with Crippen molar-refractivity contribution in [3.8, 4) is 0 Å². The highest BCUT2D eigenvalue weighted by Gasteiger charge is 2.14. The summed E-state index contributed by atoms with van der Waals surface area (Å²) >= 11 is 0. The van der Waals surface area contributed by atoms with E-state index in [1.165, 1.54) is 43.4 Å². The number of nitrogen functional groups attached to an aromatic ring is 1. The second-order valence-corrected chi connectivity index (χ2v) is 5.70. The minimum Gasteiger partial charge on any atom is -0.384 e. The van der Waals surface area contributed by atoms with Crippen molar-refractivity contribution >= 4 is 5.82 Å². The van der Waals surface area contributed by atoms with E-state index in [2.05, 4.69) is 25.9 Å². The Bertz CT molecular complexity index is 353. The second kappa shape index (κ2) is 7.45. The van der Waals surface area contributed by atoms with Crippen molar-refractivity contribution in [2.75, 3.05) is 5.73 Å². The molecular formula is C15H29N3. The molecule has 1 heterocycles. The molecule has 0 atom stereocenters. The largest absolute Gasteiger partial charge is 0.384 e. The zero-order valence-corrected chi connectivity index (χ0v) is 12.5. The van der Waals surface area contributed by atoms with E-state index in [1.807, 2.05) is 11.7 Å². The van der Waals surface area contributed by atoms with Crippen LogP contribution < -0.4 is 5.73 Å². The maximum Gasteiger partial charge on any atom is 0.124 e. The van der Waals surface area contributed by atoms with Gasteiger partial charge in [-0.1, -0.05) is 46.5 Å². The first-order chi connectivity index (χ1) is 8.56. The first-order valence-corrected chi connectivity index (χ1v) is 7.36. The smallest absolute Gasteiger partial charge is 0.124 e. The average molecular weight is 251 g/mol. The van der Waals surface area contributed by atoms with Crippen LogP contribution in [-0.2, 0) is 19.9 Å². The van der Waals surface area contributed by atoms with Crippen molar-refractivity contribution < 1.29 is 0 Å². The molecule has 1 rings (SSSR count). The summed E-state index contributed by atoms with van der Waals surface area (Å²) in [5.74, 6) is 1.49. The fraction of sp³-hybridized carbons (Fsp3) is 0.800. The predicted molar refractivity (Wildman–Crippen MR) is 78.6 cm³/mol. The van der Waals surface area contributed by atoms with Crippen molar-refractivity contribution in [1.82, 2.24) is 9.78 Å². The number of nitrogens with zero attached hydrogens (tertiary/aromatic N) is 2. The first-order valence-electron chi connectivity index (χ1n) is 7.36. The Hall–Kier alpha value is -0.990.